The molecule has 1 aromatic carbocycles. The van der Waals surface area contributed by atoms with Gasteiger partial charge in [0.15, 0.2) is 11.5 Å². The Hall–Kier alpha value is -3.35. The van der Waals surface area contributed by atoms with Gasteiger partial charge in [0.2, 0.25) is 0 Å². The highest BCUT2D eigenvalue weighted by Gasteiger charge is 2.34. The molecule has 0 saturated carbocycles. The fourth-order valence-electron chi connectivity index (χ4n) is 2.88. The number of aromatic nitrogens is 3. The molecule has 2 heterocycles. The van der Waals surface area contributed by atoms with Crippen LogP contribution in [0.25, 0.3) is 11.1 Å². The molecule has 0 aliphatic rings. The highest BCUT2D eigenvalue weighted by Crippen LogP contribution is 2.34. The Kier molecular flexibility index (Phi) is 7.34. The number of halogens is 6. The highest BCUT2D eigenvalue weighted by molar-refractivity contribution is 7.99. The second-order valence-corrected chi connectivity index (χ2v) is 8.08. The summed E-state index contributed by atoms with van der Waals surface area (Å²) in [5, 5.41) is 11.5. The molecule has 0 aliphatic carbocycles. The van der Waals surface area contributed by atoms with Crippen LogP contribution in [0.5, 0.6) is 0 Å². The molecule has 6 nitrogen and oxygen atoms in total. The minimum atomic E-state index is -4.76. The van der Waals surface area contributed by atoms with Crippen molar-refractivity contribution in [2.24, 2.45) is 0 Å². The summed E-state index contributed by atoms with van der Waals surface area (Å²) in [6.45, 7) is 1.82. The number of alkyl halides is 6. The summed E-state index contributed by atoms with van der Waals surface area (Å²) in [4.78, 5) is 17.4. The van der Waals surface area contributed by atoms with Gasteiger partial charge in [0.1, 0.15) is 5.69 Å². The first kappa shape index (κ1) is 25.3. The van der Waals surface area contributed by atoms with E-state index in [1.165, 1.54) is 37.1 Å². The van der Waals surface area contributed by atoms with Crippen molar-refractivity contribution in [3.05, 3.63) is 59.5 Å². The summed E-state index contributed by atoms with van der Waals surface area (Å²) >= 11 is 1.25. The number of nitrogens with one attached hydrogen (secondary N) is 2. The molecule has 34 heavy (non-hydrogen) atoms. The molecule has 0 unspecified atom stereocenters. The van der Waals surface area contributed by atoms with Gasteiger partial charge in [0, 0.05) is 23.7 Å². The largest absolute Gasteiger partial charge is 0.435 e. The first-order chi connectivity index (χ1) is 15.9. The lowest BCUT2D eigenvalue weighted by molar-refractivity contribution is -0.141. The Morgan fingerprint density at radius 3 is 2.21 bits per heavy atom. The van der Waals surface area contributed by atoms with E-state index < -0.39 is 29.5 Å². The predicted molar refractivity (Wildman–Crippen MR) is 116 cm³/mol. The van der Waals surface area contributed by atoms with Gasteiger partial charge in [-0.15, -0.1) is 22.0 Å². The van der Waals surface area contributed by atoms with Gasteiger partial charge in [-0.1, -0.05) is 19.1 Å². The monoisotopic (exact) mass is 501 g/mol. The maximum Gasteiger partial charge on any atom is 0.435 e. The van der Waals surface area contributed by atoms with E-state index in [0.717, 1.165) is 12.1 Å². The third-order valence-electron chi connectivity index (χ3n) is 4.48. The SMILES string of the molecule is CCSc1cc(-c2ccc(C(F)(F)F)cc2)cnc1C(=O)Nc1cc(C(F)(F)F)nnc1NC. The van der Waals surface area contributed by atoms with Gasteiger partial charge in [0.25, 0.3) is 5.91 Å². The number of hydrogen-bond donors (Lipinski definition) is 2. The van der Waals surface area contributed by atoms with E-state index in [2.05, 4.69) is 25.8 Å². The topological polar surface area (TPSA) is 79.8 Å². The molecule has 1 amide bonds. The number of benzene rings is 1. The van der Waals surface area contributed by atoms with Crippen molar-refractivity contribution in [3.63, 3.8) is 0 Å². The van der Waals surface area contributed by atoms with Crippen LogP contribution >= 0.6 is 11.8 Å². The number of carbonyl (C=O) groups is 1. The number of hydrogen-bond acceptors (Lipinski definition) is 6. The molecule has 3 rings (SSSR count). The Balaban J connectivity index is 1.94. The van der Waals surface area contributed by atoms with Crippen molar-refractivity contribution in [2.45, 2.75) is 24.2 Å². The lowest BCUT2D eigenvalue weighted by Crippen LogP contribution is -2.18. The Bertz CT molecular complexity index is 1180. The molecule has 180 valence electrons. The van der Waals surface area contributed by atoms with Crippen LogP contribution in [0.4, 0.5) is 37.8 Å². The van der Waals surface area contributed by atoms with Crippen molar-refractivity contribution < 1.29 is 31.1 Å². The molecule has 2 N–H and O–H groups in total. The van der Waals surface area contributed by atoms with E-state index in [1.54, 1.807) is 6.07 Å². The summed E-state index contributed by atoms with van der Waals surface area (Å²) in [6.07, 6.45) is -7.92. The molecular formula is C21H17F6N5OS. The van der Waals surface area contributed by atoms with Crippen LogP contribution in [0.1, 0.15) is 28.7 Å². The van der Waals surface area contributed by atoms with Gasteiger partial charge in [-0.2, -0.15) is 26.3 Å². The molecule has 0 aliphatic heterocycles. The van der Waals surface area contributed by atoms with E-state index in [1.807, 2.05) is 6.92 Å². The summed E-state index contributed by atoms with van der Waals surface area (Å²) in [5.74, 6) is -0.324. The molecule has 0 saturated heterocycles. The second kappa shape index (κ2) is 9.87. The van der Waals surface area contributed by atoms with Gasteiger partial charge in [-0.25, -0.2) is 4.98 Å². The Labute approximate surface area is 194 Å². The Morgan fingerprint density at radius 2 is 1.65 bits per heavy atom. The maximum atomic E-state index is 13.0. The van der Waals surface area contributed by atoms with E-state index in [4.69, 9.17) is 0 Å². The van der Waals surface area contributed by atoms with Crippen LogP contribution in [0.15, 0.2) is 47.5 Å². The van der Waals surface area contributed by atoms with Gasteiger partial charge < -0.3 is 10.6 Å². The van der Waals surface area contributed by atoms with Crippen LogP contribution in [0.3, 0.4) is 0 Å². The summed E-state index contributed by atoms with van der Waals surface area (Å²) in [6, 6.07) is 6.71. The lowest BCUT2D eigenvalue weighted by atomic mass is 10.0. The van der Waals surface area contributed by atoms with Crippen molar-refractivity contribution in [2.75, 3.05) is 23.4 Å². The maximum absolute atomic E-state index is 13.0. The van der Waals surface area contributed by atoms with Gasteiger partial charge >= 0.3 is 12.4 Å². The zero-order valence-electron chi connectivity index (χ0n) is 17.7. The number of carbonyl (C=O) groups excluding carboxylic acids is 1. The van der Waals surface area contributed by atoms with E-state index in [0.29, 0.717) is 27.8 Å². The van der Waals surface area contributed by atoms with Crippen molar-refractivity contribution in [3.8, 4) is 11.1 Å². The summed E-state index contributed by atoms with van der Waals surface area (Å²) < 4.78 is 77.5. The second-order valence-electron chi connectivity index (χ2n) is 6.77. The molecule has 13 heteroatoms. The Morgan fingerprint density at radius 1 is 0.971 bits per heavy atom. The van der Waals surface area contributed by atoms with Crippen LogP contribution in [0.2, 0.25) is 0 Å². The average Bonchev–Trinajstić information content (AvgIpc) is 2.78. The molecule has 0 bridgehead atoms. The van der Waals surface area contributed by atoms with Gasteiger partial charge in [-0.05, 0) is 35.6 Å². The molecule has 0 atom stereocenters. The average molecular weight is 501 g/mol. The molecule has 0 spiro atoms. The van der Waals surface area contributed by atoms with E-state index >= 15 is 0 Å². The smallest absolute Gasteiger partial charge is 0.370 e. The molecule has 2 aromatic heterocycles. The van der Waals surface area contributed by atoms with Gasteiger partial charge in [-0.3, -0.25) is 4.79 Å². The predicted octanol–water partition coefficient (Wildman–Crippen LogP) is 5.98. The highest BCUT2D eigenvalue weighted by atomic mass is 32.2. The fourth-order valence-corrected chi connectivity index (χ4v) is 3.69. The van der Waals surface area contributed by atoms with Crippen LogP contribution in [-0.2, 0) is 12.4 Å². The number of pyridine rings is 1. The molecular weight excluding hydrogens is 484 g/mol. The van der Waals surface area contributed by atoms with Crippen LogP contribution in [0, 0.1) is 0 Å². The normalized spacial score (nSPS) is 11.9. The van der Waals surface area contributed by atoms with Crippen molar-refractivity contribution in [1.29, 1.82) is 0 Å². The summed E-state index contributed by atoms with van der Waals surface area (Å²) in [5.41, 5.74) is -1.45. The standard InChI is InChI=1S/C21H17F6N5OS/c1-3-34-15-8-12(11-4-6-13(7-5-11)20(22,23)24)10-29-17(15)19(33)30-14-9-16(21(25,26)27)31-32-18(14)28-2/h4-10H,3H2,1-2H3,(H,28,32)(H,30,31,33). The third kappa shape index (κ3) is 5.76. The number of rotatable bonds is 6. The van der Waals surface area contributed by atoms with Gasteiger partial charge in [0.05, 0.1) is 11.3 Å². The number of amides is 1. The zero-order valence-corrected chi connectivity index (χ0v) is 18.5. The van der Waals surface area contributed by atoms with Crippen molar-refractivity contribution in [1.82, 2.24) is 15.2 Å². The van der Waals surface area contributed by atoms with E-state index in [-0.39, 0.29) is 17.2 Å². The number of anilines is 2. The first-order valence-electron chi connectivity index (χ1n) is 9.68. The van der Waals surface area contributed by atoms with E-state index in [9.17, 15) is 31.1 Å². The fraction of sp³-hybridized carbons (Fsp3) is 0.238. The minimum Gasteiger partial charge on any atom is -0.370 e. The first-order valence-corrected chi connectivity index (χ1v) is 10.7. The third-order valence-corrected chi connectivity index (χ3v) is 5.39. The molecule has 0 fully saturated rings. The number of thioether (sulfide) groups is 1. The van der Waals surface area contributed by atoms with Crippen molar-refractivity contribution >= 4 is 29.2 Å². The quantitative estimate of drug-likeness (QED) is 0.320. The molecule has 3 aromatic rings. The lowest BCUT2D eigenvalue weighted by Gasteiger charge is -2.14. The number of nitrogens with zero attached hydrogens (tertiary/aromatic N) is 3. The van der Waals surface area contributed by atoms with Crippen LogP contribution < -0.4 is 10.6 Å². The van der Waals surface area contributed by atoms with Crippen LogP contribution in [-0.4, -0.2) is 33.9 Å². The summed E-state index contributed by atoms with van der Waals surface area (Å²) in [7, 11) is 1.41. The molecule has 0 radical (unpaired) electrons. The minimum absolute atomic E-state index is 0.0602. The zero-order chi connectivity index (χ0) is 25.1.